The molecular formula is C17H18N4O4S. The summed E-state index contributed by atoms with van der Waals surface area (Å²) in [5, 5.41) is 23.2. The summed E-state index contributed by atoms with van der Waals surface area (Å²) >= 11 is 0. The highest BCUT2D eigenvalue weighted by Crippen LogP contribution is 2.28. The molecule has 0 heterocycles. The minimum atomic E-state index is -4.06. The van der Waals surface area contributed by atoms with Gasteiger partial charge in [0.1, 0.15) is 0 Å². The van der Waals surface area contributed by atoms with Crippen LogP contribution in [0.1, 0.15) is 24.5 Å². The Morgan fingerprint density at radius 2 is 1.92 bits per heavy atom. The summed E-state index contributed by atoms with van der Waals surface area (Å²) in [6.07, 6.45) is 0.830. The average molecular weight is 374 g/mol. The molecule has 0 aliphatic carbocycles. The van der Waals surface area contributed by atoms with Crippen molar-refractivity contribution >= 4 is 27.1 Å². The zero-order valence-corrected chi connectivity index (χ0v) is 15.1. The molecular weight excluding hydrogens is 356 g/mol. The van der Waals surface area contributed by atoms with E-state index in [1.165, 1.54) is 25.1 Å². The summed E-state index contributed by atoms with van der Waals surface area (Å²) in [6, 6.07) is 10.3. The molecule has 0 saturated carbocycles. The van der Waals surface area contributed by atoms with Crippen molar-refractivity contribution in [3.8, 4) is 6.07 Å². The Hall–Kier alpha value is -3.12. The molecule has 0 amide bonds. The van der Waals surface area contributed by atoms with Crippen LogP contribution in [0.3, 0.4) is 0 Å². The minimum absolute atomic E-state index is 0.209. The number of nitro groups is 1. The lowest BCUT2D eigenvalue weighted by molar-refractivity contribution is -0.385. The Bertz CT molecular complexity index is 981. The maximum Gasteiger partial charge on any atom is 0.273 e. The topological polar surface area (TPSA) is 125 Å². The second kappa shape index (κ2) is 7.84. The molecule has 136 valence electrons. The molecule has 0 aliphatic heterocycles. The number of hydrogen-bond donors (Lipinski definition) is 2. The predicted octanol–water partition coefficient (Wildman–Crippen LogP) is 3.40. The molecule has 0 saturated heterocycles. The minimum Gasteiger partial charge on any atom is -0.383 e. The molecule has 0 fully saturated rings. The summed E-state index contributed by atoms with van der Waals surface area (Å²) < 4.78 is 27.7. The molecule has 0 atom stereocenters. The van der Waals surface area contributed by atoms with Crippen molar-refractivity contribution in [2.24, 2.45) is 0 Å². The third-order valence-electron chi connectivity index (χ3n) is 3.65. The number of nitriles is 1. The third-order valence-corrected chi connectivity index (χ3v) is 5.01. The van der Waals surface area contributed by atoms with E-state index in [0.29, 0.717) is 23.4 Å². The lowest BCUT2D eigenvalue weighted by atomic mass is 10.2. The van der Waals surface area contributed by atoms with Gasteiger partial charge in [0.2, 0.25) is 0 Å². The number of nitro benzene ring substituents is 1. The van der Waals surface area contributed by atoms with Crippen molar-refractivity contribution in [1.29, 1.82) is 5.26 Å². The molecule has 8 nitrogen and oxygen atoms in total. The second-order valence-corrected chi connectivity index (χ2v) is 7.29. The largest absolute Gasteiger partial charge is 0.383 e. The van der Waals surface area contributed by atoms with Crippen molar-refractivity contribution in [2.45, 2.75) is 25.2 Å². The first-order valence-corrected chi connectivity index (χ1v) is 9.32. The molecule has 0 aromatic heterocycles. The van der Waals surface area contributed by atoms with Gasteiger partial charge in [-0.05, 0) is 37.6 Å². The van der Waals surface area contributed by atoms with E-state index < -0.39 is 14.9 Å². The zero-order valence-electron chi connectivity index (χ0n) is 14.3. The van der Waals surface area contributed by atoms with Gasteiger partial charge in [-0.1, -0.05) is 13.0 Å². The Balaban J connectivity index is 2.45. The van der Waals surface area contributed by atoms with E-state index in [4.69, 9.17) is 5.26 Å². The number of sulfonamides is 1. The van der Waals surface area contributed by atoms with Crippen molar-refractivity contribution in [3.63, 3.8) is 0 Å². The molecule has 0 aliphatic rings. The van der Waals surface area contributed by atoms with Crippen LogP contribution in [0.15, 0.2) is 41.3 Å². The van der Waals surface area contributed by atoms with Gasteiger partial charge in [0.15, 0.2) is 0 Å². The zero-order chi connectivity index (χ0) is 19.3. The number of benzene rings is 2. The van der Waals surface area contributed by atoms with Crippen LogP contribution in [-0.2, 0) is 10.0 Å². The molecule has 26 heavy (non-hydrogen) atoms. The fourth-order valence-corrected chi connectivity index (χ4v) is 3.36. The van der Waals surface area contributed by atoms with Crippen LogP contribution in [0.5, 0.6) is 0 Å². The van der Waals surface area contributed by atoms with Gasteiger partial charge in [0, 0.05) is 18.2 Å². The number of aryl methyl sites for hydroxylation is 1. The standard InChI is InChI=1S/C17H18N4O4S/c1-3-8-19-15-7-5-13(11-18)9-16(15)20-26(24,25)14-6-4-12(2)17(10-14)21(22)23/h4-7,9-10,19-20H,3,8H2,1-2H3. The fourth-order valence-electron chi connectivity index (χ4n) is 2.27. The van der Waals surface area contributed by atoms with E-state index in [1.807, 2.05) is 13.0 Å². The lowest BCUT2D eigenvalue weighted by Crippen LogP contribution is -2.15. The van der Waals surface area contributed by atoms with E-state index in [1.54, 1.807) is 12.1 Å². The molecule has 0 bridgehead atoms. The maximum atomic E-state index is 12.7. The number of anilines is 2. The van der Waals surface area contributed by atoms with Gasteiger partial charge in [0.05, 0.1) is 32.8 Å². The summed E-state index contributed by atoms with van der Waals surface area (Å²) in [5.74, 6) is 0. The normalized spacial score (nSPS) is 10.8. The van der Waals surface area contributed by atoms with E-state index >= 15 is 0 Å². The molecule has 2 aromatic carbocycles. The van der Waals surface area contributed by atoms with Crippen LogP contribution < -0.4 is 10.0 Å². The quantitative estimate of drug-likeness (QED) is 0.565. The van der Waals surface area contributed by atoms with Crippen molar-refractivity contribution < 1.29 is 13.3 Å². The maximum absolute atomic E-state index is 12.7. The molecule has 2 N–H and O–H groups in total. The highest BCUT2D eigenvalue weighted by Gasteiger charge is 2.21. The number of rotatable bonds is 7. The van der Waals surface area contributed by atoms with Gasteiger partial charge in [-0.15, -0.1) is 0 Å². The Kier molecular flexibility index (Phi) is 5.79. The van der Waals surface area contributed by atoms with Crippen LogP contribution in [0.25, 0.3) is 0 Å². The smallest absolute Gasteiger partial charge is 0.273 e. The van der Waals surface area contributed by atoms with Crippen molar-refractivity contribution in [3.05, 3.63) is 57.6 Å². The molecule has 0 radical (unpaired) electrons. The van der Waals surface area contributed by atoms with E-state index in [0.717, 1.165) is 12.5 Å². The van der Waals surface area contributed by atoms with Crippen LogP contribution >= 0.6 is 0 Å². The van der Waals surface area contributed by atoms with Gasteiger partial charge in [-0.25, -0.2) is 8.42 Å². The molecule has 9 heteroatoms. The lowest BCUT2D eigenvalue weighted by Gasteiger charge is -2.14. The Morgan fingerprint density at radius 3 is 2.54 bits per heavy atom. The van der Waals surface area contributed by atoms with Crippen LogP contribution in [0, 0.1) is 28.4 Å². The predicted molar refractivity (Wildman–Crippen MR) is 98.6 cm³/mol. The Morgan fingerprint density at radius 1 is 1.19 bits per heavy atom. The highest BCUT2D eigenvalue weighted by atomic mass is 32.2. The fraction of sp³-hybridized carbons (Fsp3) is 0.235. The summed E-state index contributed by atoms with van der Waals surface area (Å²) in [4.78, 5) is 10.2. The Labute approximate surface area is 151 Å². The van der Waals surface area contributed by atoms with Crippen molar-refractivity contribution in [2.75, 3.05) is 16.6 Å². The SMILES string of the molecule is CCCNc1ccc(C#N)cc1NS(=O)(=O)c1ccc(C)c([N+](=O)[O-])c1. The van der Waals surface area contributed by atoms with E-state index in [9.17, 15) is 18.5 Å². The first-order chi connectivity index (χ1) is 12.3. The van der Waals surface area contributed by atoms with Crippen LogP contribution in [0.4, 0.5) is 17.1 Å². The van der Waals surface area contributed by atoms with Crippen molar-refractivity contribution in [1.82, 2.24) is 0 Å². The van der Waals surface area contributed by atoms with Crippen LogP contribution in [-0.4, -0.2) is 19.9 Å². The van der Waals surface area contributed by atoms with Crippen LogP contribution in [0.2, 0.25) is 0 Å². The summed E-state index contributed by atoms with van der Waals surface area (Å²) in [5.41, 5.74) is 1.12. The third kappa shape index (κ3) is 4.29. The van der Waals surface area contributed by atoms with Gasteiger partial charge in [-0.2, -0.15) is 5.26 Å². The molecule has 2 rings (SSSR count). The first-order valence-electron chi connectivity index (χ1n) is 7.84. The summed E-state index contributed by atoms with van der Waals surface area (Å²) in [7, 11) is -4.06. The molecule has 2 aromatic rings. The number of nitrogens with zero attached hydrogens (tertiary/aromatic N) is 2. The van der Waals surface area contributed by atoms with Gasteiger partial charge >= 0.3 is 0 Å². The van der Waals surface area contributed by atoms with Gasteiger partial charge in [-0.3, -0.25) is 14.8 Å². The summed E-state index contributed by atoms with van der Waals surface area (Å²) in [6.45, 7) is 4.12. The number of nitrogens with one attached hydrogen (secondary N) is 2. The van der Waals surface area contributed by atoms with E-state index in [-0.39, 0.29) is 16.3 Å². The van der Waals surface area contributed by atoms with E-state index in [2.05, 4.69) is 10.0 Å². The monoisotopic (exact) mass is 374 g/mol. The molecule has 0 unspecified atom stereocenters. The van der Waals surface area contributed by atoms with Gasteiger partial charge in [0.25, 0.3) is 15.7 Å². The van der Waals surface area contributed by atoms with Gasteiger partial charge < -0.3 is 5.32 Å². The highest BCUT2D eigenvalue weighted by molar-refractivity contribution is 7.92. The second-order valence-electron chi connectivity index (χ2n) is 5.61. The first kappa shape index (κ1) is 19.2. The average Bonchev–Trinajstić information content (AvgIpc) is 2.60. The number of hydrogen-bond acceptors (Lipinski definition) is 6. The molecule has 0 spiro atoms.